The van der Waals surface area contributed by atoms with Gasteiger partial charge in [-0.05, 0) is 18.2 Å². The smallest absolute Gasteiger partial charge is 0.168 e. The number of benzene rings is 1. The van der Waals surface area contributed by atoms with Crippen LogP contribution in [0.5, 0.6) is 0 Å². The predicted molar refractivity (Wildman–Crippen MR) is 57.3 cm³/mol. The minimum atomic E-state index is -1.17. The Morgan fingerprint density at radius 2 is 2.20 bits per heavy atom. The summed E-state index contributed by atoms with van der Waals surface area (Å²) in [6.07, 6.45) is 0.436. The number of nitriles is 1. The first-order valence-corrected chi connectivity index (χ1v) is 4.72. The first-order chi connectivity index (χ1) is 7.24. The molecule has 0 radical (unpaired) electrons. The number of hydrogen-bond acceptors (Lipinski definition) is 3. The lowest BCUT2D eigenvalue weighted by atomic mass is 10.1. The summed E-state index contributed by atoms with van der Waals surface area (Å²) in [5, 5.41) is 19.4. The predicted octanol–water partition coefficient (Wildman–Crippen LogP) is 2.45. The number of aromatic nitrogens is 1. The highest BCUT2D eigenvalue weighted by Crippen LogP contribution is 2.27. The van der Waals surface area contributed by atoms with E-state index in [1.54, 1.807) is 36.5 Å². The molecule has 3 nitrogen and oxygen atoms in total. The van der Waals surface area contributed by atoms with E-state index >= 15 is 0 Å². The summed E-state index contributed by atoms with van der Waals surface area (Å²) in [6, 6.07) is 8.60. The van der Waals surface area contributed by atoms with Gasteiger partial charge in [0.1, 0.15) is 0 Å². The molecule has 0 aliphatic rings. The van der Waals surface area contributed by atoms with Crippen LogP contribution in [0, 0.1) is 11.3 Å². The van der Waals surface area contributed by atoms with Gasteiger partial charge in [-0.15, -0.1) is 0 Å². The Kier molecular flexibility index (Phi) is 2.55. The van der Waals surface area contributed by atoms with E-state index in [1.165, 1.54) is 0 Å². The zero-order valence-corrected chi connectivity index (χ0v) is 8.44. The van der Waals surface area contributed by atoms with Gasteiger partial charge >= 0.3 is 0 Å². The van der Waals surface area contributed by atoms with Gasteiger partial charge in [-0.1, -0.05) is 17.7 Å². The fraction of sp³-hybridized carbons (Fsp3) is 0.0909. The Hall–Kier alpha value is -1.63. The van der Waals surface area contributed by atoms with E-state index in [-0.39, 0.29) is 0 Å². The number of pyridine rings is 1. The van der Waals surface area contributed by atoms with Crippen molar-refractivity contribution in [1.82, 2.24) is 4.98 Å². The molecule has 4 heteroatoms. The molecule has 0 amide bonds. The van der Waals surface area contributed by atoms with Gasteiger partial charge in [0, 0.05) is 22.2 Å². The zero-order valence-electron chi connectivity index (χ0n) is 7.68. The highest BCUT2D eigenvalue weighted by atomic mass is 35.5. The summed E-state index contributed by atoms with van der Waals surface area (Å²) in [5.74, 6) is 0. The van der Waals surface area contributed by atoms with Crippen LogP contribution in [-0.4, -0.2) is 10.1 Å². The van der Waals surface area contributed by atoms with Gasteiger partial charge in [0.15, 0.2) is 6.10 Å². The molecule has 74 valence electrons. The standard InChI is InChI=1S/C11H7ClN2O/c12-9-4-3-8(10(15)6-13)11-7(9)2-1-5-14-11/h1-5,10,15H. The monoisotopic (exact) mass is 218 g/mol. The Balaban J connectivity index is 2.78. The summed E-state index contributed by atoms with van der Waals surface area (Å²) in [5.41, 5.74) is 1.05. The first-order valence-electron chi connectivity index (χ1n) is 4.35. The highest BCUT2D eigenvalue weighted by molar-refractivity contribution is 6.35. The van der Waals surface area contributed by atoms with Crippen molar-refractivity contribution in [1.29, 1.82) is 5.26 Å². The largest absolute Gasteiger partial charge is 0.374 e. The van der Waals surface area contributed by atoms with Crippen LogP contribution >= 0.6 is 11.6 Å². The number of aliphatic hydroxyl groups is 1. The number of nitrogens with zero attached hydrogens (tertiary/aromatic N) is 2. The van der Waals surface area contributed by atoms with Crippen molar-refractivity contribution in [2.24, 2.45) is 0 Å². The van der Waals surface area contributed by atoms with Crippen LogP contribution in [0.15, 0.2) is 30.5 Å². The molecule has 1 N–H and O–H groups in total. The summed E-state index contributed by atoms with van der Waals surface area (Å²) in [4.78, 5) is 4.12. The number of halogens is 1. The topological polar surface area (TPSA) is 56.9 Å². The van der Waals surface area contributed by atoms with E-state index in [9.17, 15) is 5.11 Å². The van der Waals surface area contributed by atoms with E-state index in [2.05, 4.69) is 4.98 Å². The van der Waals surface area contributed by atoms with Crippen molar-refractivity contribution >= 4 is 22.5 Å². The lowest BCUT2D eigenvalue weighted by Crippen LogP contribution is -1.96. The average Bonchev–Trinajstić information content (AvgIpc) is 2.29. The molecule has 0 spiro atoms. The van der Waals surface area contributed by atoms with E-state index in [4.69, 9.17) is 16.9 Å². The molecule has 0 aliphatic carbocycles. The molecule has 1 atom stereocenters. The second-order valence-electron chi connectivity index (χ2n) is 3.07. The second-order valence-corrected chi connectivity index (χ2v) is 3.48. The third-order valence-electron chi connectivity index (χ3n) is 2.16. The molecule has 1 aromatic carbocycles. The Bertz CT molecular complexity index is 548. The molecule has 0 aliphatic heterocycles. The molecule has 2 aromatic rings. The number of hydrogen-bond donors (Lipinski definition) is 1. The van der Waals surface area contributed by atoms with E-state index in [0.29, 0.717) is 16.1 Å². The Morgan fingerprint density at radius 1 is 1.40 bits per heavy atom. The average molecular weight is 219 g/mol. The SMILES string of the molecule is N#CC(O)c1ccc(Cl)c2cccnc12. The number of aliphatic hydroxyl groups excluding tert-OH is 1. The first kappa shape index (κ1) is 9.91. The molecule has 1 heterocycles. The summed E-state index contributed by atoms with van der Waals surface area (Å²) >= 11 is 5.97. The maximum atomic E-state index is 9.47. The van der Waals surface area contributed by atoms with Crippen molar-refractivity contribution in [3.8, 4) is 6.07 Å². The van der Waals surface area contributed by atoms with Crippen LogP contribution in [0.3, 0.4) is 0 Å². The van der Waals surface area contributed by atoms with Crippen molar-refractivity contribution in [3.05, 3.63) is 41.0 Å². The molecule has 2 rings (SSSR count). The van der Waals surface area contributed by atoms with Crippen LogP contribution in [0.4, 0.5) is 0 Å². The van der Waals surface area contributed by atoms with Gasteiger partial charge in [-0.25, -0.2) is 0 Å². The lowest BCUT2D eigenvalue weighted by Gasteiger charge is -2.07. The number of rotatable bonds is 1. The second kappa shape index (κ2) is 3.85. The Labute approximate surface area is 91.6 Å². The van der Waals surface area contributed by atoms with E-state index < -0.39 is 6.10 Å². The van der Waals surface area contributed by atoms with Gasteiger partial charge in [0.25, 0.3) is 0 Å². The van der Waals surface area contributed by atoms with Gasteiger partial charge in [-0.2, -0.15) is 5.26 Å². The molecular formula is C11H7ClN2O. The summed E-state index contributed by atoms with van der Waals surface area (Å²) in [6.45, 7) is 0. The molecule has 0 saturated heterocycles. The van der Waals surface area contributed by atoms with Crippen LogP contribution in [0.25, 0.3) is 10.9 Å². The lowest BCUT2D eigenvalue weighted by molar-refractivity contribution is 0.237. The van der Waals surface area contributed by atoms with Crippen LogP contribution in [0.1, 0.15) is 11.7 Å². The van der Waals surface area contributed by atoms with Crippen LogP contribution in [-0.2, 0) is 0 Å². The molecular weight excluding hydrogens is 212 g/mol. The van der Waals surface area contributed by atoms with Gasteiger partial charge in [-0.3, -0.25) is 4.98 Å². The van der Waals surface area contributed by atoms with Crippen molar-refractivity contribution in [2.45, 2.75) is 6.10 Å². The zero-order chi connectivity index (χ0) is 10.8. The summed E-state index contributed by atoms with van der Waals surface area (Å²) in [7, 11) is 0. The highest BCUT2D eigenvalue weighted by Gasteiger charge is 2.12. The van der Waals surface area contributed by atoms with Gasteiger partial charge < -0.3 is 5.11 Å². The molecule has 15 heavy (non-hydrogen) atoms. The van der Waals surface area contributed by atoms with Gasteiger partial charge in [0.2, 0.25) is 0 Å². The molecule has 0 bridgehead atoms. The quantitative estimate of drug-likeness (QED) is 0.748. The molecule has 1 aromatic heterocycles. The van der Waals surface area contributed by atoms with E-state index in [0.717, 1.165) is 5.39 Å². The third-order valence-corrected chi connectivity index (χ3v) is 2.49. The van der Waals surface area contributed by atoms with E-state index in [1.807, 2.05) is 0 Å². The van der Waals surface area contributed by atoms with Crippen LogP contribution < -0.4 is 0 Å². The maximum absolute atomic E-state index is 9.47. The molecule has 0 saturated carbocycles. The minimum Gasteiger partial charge on any atom is -0.374 e. The van der Waals surface area contributed by atoms with Gasteiger partial charge in [0.05, 0.1) is 11.6 Å². The van der Waals surface area contributed by atoms with Crippen molar-refractivity contribution < 1.29 is 5.11 Å². The normalized spacial score (nSPS) is 12.3. The Morgan fingerprint density at radius 3 is 2.93 bits per heavy atom. The van der Waals surface area contributed by atoms with Crippen molar-refractivity contribution in [2.75, 3.05) is 0 Å². The fourth-order valence-electron chi connectivity index (χ4n) is 1.45. The molecule has 1 unspecified atom stereocenters. The van der Waals surface area contributed by atoms with Crippen LogP contribution in [0.2, 0.25) is 5.02 Å². The minimum absolute atomic E-state index is 0.484. The summed E-state index contributed by atoms with van der Waals surface area (Å²) < 4.78 is 0. The maximum Gasteiger partial charge on any atom is 0.168 e. The van der Waals surface area contributed by atoms with Crippen molar-refractivity contribution in [3.63, 3.8) is 0 Å². The third kappa shape index (κ3) is 1.65. The molecule has 0 fully saturated rings. The number of fused-ring (bicyclic) bond motifs is 1. The fourth-order valence-corrected chi connectivity index (χ4v) is 1.67.